The second-order valence-corrected chi connectivity index (χ2v) is 9.25. The molecule has 0 saturated carbocycles. The Labute approximate surface area is 208 Å². The fourth-order valence-corrected chi connectivity index (χ4v) is 5.52. The molecular weight excluding hydrogens is 491 g/mol. The number of carbonyl (C=O) groups is 2. The van der Waals surface area contributed by atoms with Crippen molar-refractivity contribution in [3.8, 4) is 11.1 Å². The van der Waals surface area contributed by atoms with Crippen molar-refractivity contribution < 1.29 is 27.6 Å². The maximum atomic E-state index is 13.8. The average Bonchev–Trinajstić information content (AvgIpc) is 3.38. The van der Waals surface area contributed by atoms with Crippen LogP contribution in [0.25, 0.3) is 21.2 Å². The monoisotopic (exact) mass is 511 g/mol. The van der Waals surface area contributed by atoms with E-state index in [0.29, 0.717) is 16.2 Å². The number of alkyl halides is 3. The van der Waals surface area contributed by atoms with Crippen LogP contribution in [0.3, 0.4) is 0 Å². The van der Waals surface area contributed by atoms with E-state index >= 15 is 0 Å². The molecule has 2 N–H and O–H groups in total. The molecule has 1 amide bonds. The van der Waals surface area contributed by atoms with Gasteiger partial charge in [0.25, 0.3) is 5.91 Å². The lowest BCUT2D eigenvalue weighted by Crippen LogP contribution is -2.53. The van der Waals surface area contributed by atoms with Gasteiger partial charge in [0.05, 0.1) is 0 Å². The Hall–Kier alpha value is -3.73. The number of nitrogens with two attached hydrogens (primary N) is 1. The Morgan fingerprint density at radius 3 is 2.39 bits per heavy atom. The van der Waals surface area contributed by atoms with Gasteiger partial charge < -0.3 is 9.74 Å². The molecule has 1 aliphatic rings. The third-order valence-corrected chi connectivity index (χ3v) is 7.24. The molecule has 6 nitrogen and oxygen atoms in total. The zero-order valence-corrected chi connectivity index (χ0v) is 19.7. The summed E-state index contributed by atoms with van der Waals surface area (Å²) < 4.78 is 40.8. The normalized spacial score (nSPS) is 20.8. The zero-order valence-electron chi connectivity index (χ0n) is 18.9. The molecule has 1 fully saturated rings. The molecule has 0 radical (unpaired) electrons. The number of amides is 1. The highest BCUT2D eigenvalue weighted by molar-refractivity contribution is 7.17. The van der Waals surface area contributed by atoms with Crippen LogP contribution >= 0.6 is 11.3 Å². The summed E-state index contributed by atoms with van der Waals surface area (Å²) in [5.41, 5.74) is 6.47. The summed E-state index contributed by atoms with van der Waals surface area (Å²) in [6.45, 7) is 0. The van der Waals surface area contributed by atoms with E-state index in [1.165, 1.54) is 7.05 Å². The number of carbonyl (C=O) groups excluding carboxylic acids is 2. The van der Waals surface area contributed by atoms with Gasteiger partial charge in [-0.25, -0.2) is 4.79 Å². The number of rotatable bonds is 4. The van der Waals surface area contributed by atoms with Crippen molar-refractivity contribution in [1.29, 1.82) is 0 Å². The molecule has 3 aromatic carbocycles. The highest BCUT2D eigenvalue weighted by Gasteiger charge is 2.61. The lowest BCUT2D eigenvalue weighted by molar-refractivity contribution is -0.260. The minimum absolute atomic E-state index is 0.303. The molecule has 2 atom stereocenters. The Morgan fingerprint density at radius 1 is 1.00 bits per heavy atom. The smallest absolute Gasteiger partial charge is 0.356 e. The van der Waals surface area contributed by atoms with Crippen LogP contribution in [-0.4, -0.2) is 41.4 Å². The first-order valence-electron chi connectivity index (χ1n) is 10.9. The molecule has 1 aliphatic heterocycles. The predicted octanol–water partition coefficient (Wildman–Crippen LogP) is 4.85. The van der Waals surface area contributed by atoms with Crippen molar-refractivity contribution in [3.63, 3.8) is 0 Å². The second-order valence-electron chi connectivity index (χ2n) is 8.33. The summed E-state index contributed by atoms with van der Waals surface area (Å²) in [7, 11) is 1.35. The van der Waals surface area contributed by atoms with Gasteiger partial charge in [-0.05, 0) is 34.2 Å². The van der Waals surface area contributed by atoms with E-state index in [-0.39, 0.29) is 0 Å². The molecule has 2 unspecified atom stereocenters. The number of hydroxylamine groups is 2. The Bertz CT molecular complexity index is 1460. The molecule has 1 saturated heterocycles. The van der Waals surface area contributed by atoms with Gasteiger partial charge in [0, 0.05) is 22.7 Å². The molecule has 0 bridgehead atoms. The van der Waals surface area contributed by atoms with Crippen molar-refractivity contribution in [2.24, 2.45) is 5.73 Å². The number of thiophene rings is 1. The summed E-state index contributed by atoms with van der Waals surface area (Å²) in [5.74, 6) is -3.11. The van der Waals surface area contributed by atoms with E-state index < -0.39 is 29.9 Å². The van der Waals surface area contributed by atoms with Gasteiger partial charge >= 0.3 is 12.1 Å². The topological polar surface area (TPSA) is 75.9 Å². The minimum atomic E-state index is -5.29. The first-order valence-corrected chi connectivity index (χ1v) is 11.8. The molecule has 4 aromatic rings. The van der Waals surface area contributed by atoms with E-state index in [4.69, 9.17) is 10.6 Å². The van der Waals surface area contributed by atoms with Gasteiger partial charge in [-0.15, -0.1) is 11.3 Å². The molecule has 36 heavy (non-hydrogen) atoms. The van der Waals surface area contributed by atoms with Gasteiger partial charge in [0.2, 0.25) is 0 Å². The lowest BCUT2D eigenvalue weighted by Gasteiger charge is -2.36. The first kappa shape index (κ1) is 24.0. The van der Waals surface area contributed by atoms with Crippen LogP contribution in [0.5, 0.6) is 0 Å². The summed E-state index contributed by atoms with van der Waals surface area (Å²) in [5, 5.41) is 3.63. The average molecular weight is 512 g/mol. The van der Waals surface area contributed by atoms with E-state index in [1.54, 1.807) is 59.9 Å². The Morgan fingerprint density at radius 2 is 1.67 bits per heavy atom. The number of nitrogens with zero attached hydrogens (tertiary/aromatic N) is 2. The summed E-state index contributed by atoms with van der Waals surface area (Å²) >= 11 is 1.56. The number of benzene rings is 3. The Balaban J connectivity index is 1.74. The van der Waals surface area contributed by atoms with Gasteiger partial charge in [-0.2, -0.15) is 13.2 Å². The second kappa shape index (κ2) is 8.74. The van der Waals surface area contributed by atoms with Crippen LogP contribution in [0.2, 0.25) is 0 Å². The van der Waals surface area contributed by atoms with Crippen molar-refractivity contribution in [2.45, 2.75) is 18.0 Å². The number of halogens is 3. The van der Waals surface area contributed by atoms with Crippen molar-refractivity contribution in [1.82, 2.24) is 9.96 Å². The highest BCUT2D eigenvalue weighted by atomic mass is 32.1. The van der Waals surface area contributed by atoms with Crippen molar-refractivity contribution in [2.75, 3.05) is 7.05 Å². The van der Waals surface area contributed by atoms with Crippen LogP contribution in [-0.2, 0) is 20.0 Å². The molecule has 10 heteroatoms. The Kier molecular flexibility index (Phi) is 5.82. The van der Waals surface area contributed by atoms with Crippen molar-refractivity contribution >= 4 is 33.3 Å². The van der Waals surface area contributed by atoms with Gasteiger partial charge in [0.1, 0.15) is 0 Å². The van der Waals surface area contributed by atoms with E-state index in [9.17, 15) is 22.8 Å². The van der Waals surface area contributed by atoms with E-state index in [0.717, 1.165) is 26.1 Å². The van der Waals surface area contributed by atoms with E-state index in [1.807, 2.05) is 35.7 Å². The summed E-state index contributed by atoms with van der Waals surface area (Å²) in [6.07, 6.45) is -6.75. The number of hydrogen-bond donors (Lipinski definition) is 1. The van der Waals surface area contributed by atoms with Crippen LogP contribution in [0.4, 0.5) is 13.2 Å². The molecule has 2 heterocycles. The zero-order chi connectivity index (χ0) is 25.7. The third kappa shape index (κ3) is 3.65. The van der Waals surface area contributed by atoms with Crippen LogP contribution in [0.15, 0.2) is 84.2 Å². The van der Waals surface area contributed by atoms with Crippen LogP contribution in [0, 0.1) is 0 Å². The molecule has 1 aromatic heterocycles. The fourth-order valence-electron chi connectivity index (χ4n) is 4.55. The molecule has 5 rings (SSSR count). The third-order valence-electron chi connectivity index (χ3n) is 6.27. The van der Waals surface area contributed by atoms with Gasteiger partial charge in [0.15, 0.2) is 11.8 Å². The highest BCUT2D eigenvalue weighted by Crippen LogP contribution is 2.45. The number of hydrogen-bond acceptors (Lipinski definition) is 6. The molecule has 184 valence electrons. The summed E-state index contributed by atoms with van der Waals surface area (Å²) in [4.78, 5) is 31.7. The summed E-state index contributed by atoms with van der Waals surface area (Å²) in [6, 6.07) is 22.9. The standard InChI is InChI=1S/C26H20F3N3O3S/c1-31-22(33)25(17-9-3-2-4-10-17,32(24(31)30)35-23(34)26(27,28)29)18-11-7-8-16(14-18)20-15-36-21-13-6-5-12-19(20)21/h2-15,24H,30H2,1H3. The van der Waals surface area contributed by atoms with Crippen LogP contribution < -0.4 is 5.73 Å². The maximum Gasteiger partial charge on any atom is 0.492 e. The SMILES string of the molecule is CN1C(=O)C(c2ccccc2)(c2cccc(-c3csc4ccccc34)c2)N(OC(=O)C(F)(F)F)C1N. The lowest BCUT2D eigenvalue weighted by atomic mass is 9.81. The number of likely N-dealkylation sites (N-methyl/N-ethyl adjacent to an activating group) is 1. The quantitative estimate of drug-likeness (QED) is 0.424. The number of fused-ring (bicyclic) bond motifs is 1. The van der Waals surface area contributed by atoms with Crippen molar-refractivity contribution in [3.05, 3.63) is 95.4 Å². The fraction of sp³-hybridized carbons (Fsp3) is 0.154. The molecular formula is C26H20F3N3O3S. The largest absolute Gasteiger partial charge is 0.492 e. The van der Waals surface area contributed by atoms with Gasteiger partial charge in [-0.3, -0.25) is 10.5 Å². The predicted molar refractivity (Wildman–Crippen MR) is 129 cm³/mol. The molecule has 0 spiro atoms. The maximum absolute atomic E-state index is 13.8. The molecule has 0 aliphatic carbocycles. The van der Waals surface area contributed by atoms with E-state index in [2.05, 4.69) is 0 Å². The van der Waals surface area contributed by atoms with Gasteiger partial charge in [-0.1, -0.05) is 71.8 Å². The minimum Gasteiger partial charge on any atom is -0.356 e. The van der Waals surface area contributed by atoms with Crippen LogP contribution in [0.1, 0.15) is 11.1 Å². The first-order chi connectivity index (χ1) is 17.2.